The molecule has 0 fully saturated rings. The first-order valence-corrected chi connectivity index (χ1v) is 8.99. The summed E-state index contributed by atoms with van der Waals surface area (Å²) >= 11 is 0. The van der Waals surface area contributed by atoms with Crippen molar-refractivity contribution >= 4 is 11.6 Å². The zero-order valence-electron chi connectivity index (χ0n) is 15.1. The minimum Gasteiger partial charge on any atom is -0.384 e. The van der Waals surface area contributed by atoms with Crippen molar-refractivity contribution in [2.24, 2.45) is 0 Å². The highest BCUT2D eigenvalue weighted by atomic mass is 19.1. The Morgan fingerprint density at radius 1 is 0.960 bits per heavy atom. The van der Waals surface area contributed by atoms with Gasteiger partial charge in [0.25, 0.3) is 0 Å². The number of amides is 1. The molecule has 134 valence electrons. The van der Waals surface area contributed by atoms with Crippen molar-refractivity contribution in [1.82, 2.24) is 5.32 Å². The number of rotatable bonds is 9. The van der Waals surface area contributed by atoms with Crippen LogP contribution in [0.25, 0.3) is 0 Å². The Labute approximate surface area is 149 Å². The molecule has 1 amide bonds. The van der Waals surface area contributed by atoms with Crippen LogP contribution in [-0.4, -0.2) is 19.0 Å². The summed E-state index contributed by atoms with van der Waals surface area (Å²) in [5, 5.41) is 6.34. The van der Waals surface area contributed by atoms with Crippen LogP contribution in [0.4, 0.5) is 10.1 Å². The maximum absolute atomic E-state index is 12.8. The number of hydrogen-bond donors (Lipinski definition) is 2. The Kier molecular flexibility index (Phi) is 7.45. The van der Waals surface area contributed by atoms with E-state index in [1.807, 2.05) is 0 Å². The molecule has 0 radical (unpaired) electrons. The highest BCUT2D eigenvalue weighted by molar-refractivity contribution is 5.76. The van der Waals surface area contributed by atoms with Crippen molar-refractivity contribution < 1.29 is 9.18 Å². The van der Waals surface area contributed by atoms with E-state index < -0.39 is 0 Å². The molecule has 0 aliphatic heterocycles. The Balaban J connectivity index is 1.74. The largest absolute Gasteiger partial charge is 0.384 e. The molecule has 0 unspecified atom stereocenters. The maximum atomic E-state index is 12.8. The van der Waals surface area contributed by atoms with Crippen molar-refractivity contribution in [3.8, 4) is 0 Å². The van der Waals surface area contributed by atoms with Gasteiger partial charge in [-0.3, -0.25) is 4.79 Å². The van der Waals surface area contributed by atoms with Crippen molar-refractivity contribution in [2.45, 2.75) is 39.5 Å². The van der Waals surface area contributed by atoms with Crippen LogP contribution < -0.4 is 10.6 Å². The summed E-state index contributed by atoms with van der Waals surface area (Å²) in [7, 11) is 0. The summed E-state index contributed by atoms with van der Waals surface area (Å²) in [5.74, 6) is -0.209. The fourth-order valence-corrected chi connectivity index (χ4v) is 2.86. The van der Waals surface area contributed by atoms with Crippen LogP contribution in [0.15, 0.2) is 42.5 Å². The third-order valence-electron chi connectivity index (χ3n) is 4.30. The zero-order valence-corrected chi connectivity index (χ0v) is 15.1. The lowest BCUT2D eigenvalue weighted by Gasteiger charge is -2.15. The Morgan fingerprint density at radius 2 is 1.60 bits per heavy atom. The number of para-hydroxylation sites is 1. The summed E-state index contributed by atoms with van der Waals surface area (Å²) in [5.41, 5.74) is 4.77. The molecule has 4 heteroatoms. The first kappa shape index (κ1) is 19.0. The van der Waals surface area contributed by atoms with Gasteiger partial charge in [0, 0.05) is 25.2 Å². The fourth-order valence-electron chi connectivity index (χ4n) is 2.86. The maximum Gasteiger partial charge on any atom is 0.221 e. The predicted molar refractivity (Wildman–Crippen MR) is 101 cm³/mol. The SMILES string of the molecule is CCc1cccc(CC)c1NCCC(=O)NCCc1ccc(F)cc1. The van der Waals surface area contributed by atoms with Crippen molar-refractivity contribution in [3.05, 3.63) is 65.0 Å². The quantitative estimate of drug-likeness (QED) is 0.720. The standard InChI is InChI=1S/C21H27FN2O/c1-3-17-6-5-7-18(4-2)21(17)24-15-13-20(25)23-14-12-16-8-10-19(22)11-9-16/h5-11,24H,3-4,12-15H2,1-2H3,(H,23,25). The van der Waals surface area contributed by atoms with Crippen LogP contribution in [0.3, 0.4) is 0 Å². The molecule has 3 nitrogen and oxygen atoms in total. The highest BCUT2D eigenvalue weighted by Crippen LogP contribution is 2.22. The molecule has 2 rings (SSSR count). The molecule has 0 aromatic heterocycles. The van der Waals surface area contributed by atoms with Crippen molar-refractivity contribution in [2.75, 3.05) is 18.4 Å². The second kappa shape index (κ2) is 9.82. The average Bonchev–Trinajstić information content (AvgIpc) is 2.63. The summed E-state index contributed by atoms with van der Waals surface area (Å²) < 4.78 is 12.8. The molecule has 0 aliphatic carbocycles. The van der Waals surface area contributed by atoms with E-state index in [0.717, 1.165) is 18.4 Å². The number of anilines is 1. The van der Waals surface area contributed by atoms with E-state index in [4.69, 9.17) is 0 Å². The highest BCUT2D eigenvalue weighted by Gasteiger charge is 2.07. The monoisotopic (exact) mass is 342 g/mol. The number of carbonyl (C=O) groups is 1. The van der Waals surface area contributed by atoms with E-state index >= 15 is 0 Å². The molecule has 0 saturated heterocycles. The van der Waals surface area contributed by atoms with Gasteiger partial charge in [-0.05, 0) is 48.1 Å². The number of benzene rings is 2. The van der Waals surface area contributed by atoms with Crippen LogP contribution in [0, 0.1) is 5.82 Å². The van der Waals surface area contributed by atoms with E-state index in [1.54, 1.807) is 12.1 Å². The number of carbonyl (C=O) groups excluding carboxylic acids is 1. The van der Waals surface area contributed by atoms with Crippen LogP contribution in [0.5, 0.6) is 0 Å². The number of hydrogen-bond acceptors (Lipinski definition) is 2. The van der Waals surface area contributed by atoms with Crippen LogP contribution >= 0.6 is 0 Å². The third kappa shape index (κ3) is 5.89. The first-order valence-electron chi connectivity index (χ1n) is 8.99. The molecule has 0 saturated carbocycles. The topological polar surface area (TPSA) is 41.1 Å². The van der Waals surface area contributed by atoms with E-state index in [-0.39, 0.29) is 11.7 Å². The molecule has 0 spiro atoms. The van der Waals surface area contributed by atoms with Gasteiger partial charge < -0.3 is 10.6 Å². The first-order chi connectivity index (χ1) is 12.1. The molecule has 0 bridgehead atoms. The summed E-state index contributed by atoms with van der Waals surface area (Å²) in [6.45, 7) is 5.47. The molecular weight excluding hydrogens is 315 g/mol. The van der Waals surface area contributed by atoms with Gasteiger partial charge in [-0.2, -0.15) is 0 Å². The Bertz CT molecular complexity index is 661. The minimum absolute atomic E-state index is 0.0293. The number of nitrogens with one attached hydrogen (secondary N) is 2. The Morgan fingerprint density at radius 3 is 2.20 bits per heavy atom. The lowest BCUT2D eigenvalue weighted by molar-refractivity contribution is -0.120. The lowest BCUT2D eigenvalue weighted by atomic mass is 10.0. The molecule has 25 heavy (non-hydrogen) atoms. The molecule has 0 heterocycles. The van der Waals surface area contributed by atoms with Crippen LogP contribution in [-0.2, 0) is 24.1 Å². The zero-order chi connectivity index (χ0) is 18.1. The molecule has 2 aromatic rings. The minimum atomic E-state index is -0.238. The predicted octanol–water partition coefficient (Wildman–Crippen LogP) is 4.11. The average molecular weight is 342 g/mol. The normalized spacial score (nSPS) is 10.5. The molecule has 0 atom stereocenters. The fraction of sp³-hybridized carbons (Fsp3) is 0.381. The van der Waals surface area contributed by atoms with Crippen molar-refractivity contribution in [3.63, 3.8) is 0 Å². The van der Waals surface area contributed by atoms with Gasteiger partial charge in [-0.1, -0.05) is 44.2 Å². The van der Waals surface area contributed by atoms with Gasteiger partial charge in [-0.25, -0.2) is 4.39 Å². The van der Waals surface area contributed by atoms with Gasteiger partial charge in [0.05, 0.1) is 0 Å². The molecule has 0 aliphatic rings. The summed E-state index contributed by atoms with van der Waals surface area (Å²) in [6.07, 6.45) is 3.09. The smallest absolute Gasteiger partial charge is 0.221 e. The van der Waals surface area contributed by atoms with E-state index in [2.05, 4.69) is 42.7 Å². The number of aryl methyl sites for hydroxylation is 2. The van der Waals surface area contributed by atoms with E-state index in [0.29, 0.717) is 25.9 Å². The van der Waals surface area contributed by atoms with Crippen LogP contribution in [0.1, 0.15) is 37.0 Å². The van der Waals surface area contributed by atoms with Gasteiger partial charge >= 0.3 is 0 Å². The Hall–Kier alpha value is -2.36. The molecule has 2 N–H and O–H groups in total. The van der Waals surface area contributed by atoms with E-state index in [9.17, 15) is 9.18 Å². The van der Waals surface area contributed by atoms with Gasteiger partial charge in [0.15, 0.2) is 0 Å². The number of halogens is 1. The third-order valence-corrected chi connectivity index (χ3v) is 4.30. The lowest BCUT2D eigenvalue weighted by Crippen LogP contribution is -2.27. The van der Waals surface area contributed by atoms with Crippen LogP contribution in [0.2, 0.25) is 0 Å². The molecule has 2 aromatic carbocycles. The summed E-state index contributed by atoms with van der Waals surface area (Å²) in [4.78, 5) is 12.0. The van der Waals surface area contributed by atoms with Gasteiger partial charge in [0.1, 0.15) is 5.82 Å². The second-order valence-corrected chi connectivity index (χ2v) is 6.06. The van der Waals surface area contributed by atoms with Gasteiger partial charge in [0.2, 0.25) is 5.91 Å². The summed E-state index contributed by atoms with van der Waals surface area (Å²) in [6, 6.07) is 12.7. The van der Waals surface area contributed by atoms with Gasteiger partial charge in [-0.15, -0.1) is 0 Å². The van der Waals surface area contributed by atoms with E-state index in [1.165, 1.54) is 28.9 Å². The second-order valence-electron chi connectivity index (χ2n) is 6.06. The molecular formula is C21H27FN2O. The van der Waals surface area contributed by atoms with Crippen molar-refractivity contribution in [1.29, 1.82) is 0 Å².